The molecule has 1 aromatic rings. The van der Waals surface area contributed by atoms with E-state index in [4.69, 9.17) is 14.2 Å². The summed E-state index contributed by atoms with van der Waals surface area (Å²) in [4.78, 5) is 25.2. The molecular weight excluding hydrogens is 312 g/mol. The molecular formula is C18H24O6. The van der Waals surface area contributed by atoms with E-state index in [-0.39, 0.29) is 19.6 Å². The van der Waals surface area contributed by atoms with E-state index in [9.17, 15) is 14.7 Å². The van der Waals surface area contributed by atoms with E-state index in [0.29, 0.717) is 24.2 Å². The second kappa shape index (κ2) is 8.26. The molecule has 0 amide bonds. The summed E-state index contributed by atoms with van der Waals surface area (Å²) in [5, 5.41) is 11.0. The highest BCUT2D eigenvalue weighted by Crippen LogP contribution is 2.37. The number of hydrogen-bond donors (Lipinski definition) is 1. The number of ether oxygens (including phenoxy) is 3. The molecule has 2 unspecified atom stereocenters. The average molecular weight is 336 g/mol. The maximum atomic E-state index is 12.8. The largest absolute Gasteiger partial charge is 0.497 e. The lowest BCUT2D eigenvalue weighted by molar-refractivity contribution is -0.160. The van der Waals surface area contributed by atoms with Gasteiger partial charge >= 0.3 is 5.97 Å². The van der Waals surface area contributed by atoms with Crippen molar-refractivity contribution in [2.75, 3.05) is 27.4 Å². The molecule has 0 spiro atoms. The van der Waals surface area contributed by atoms with E-state index in [1.807, 2.05) is 0 Å². The van der Waals surface area contributed by atoms with Crippen molar-refractivity contribution in [2.45, 2.75) is 31.3 Å². The Morgan fingerprint density at radius 2 is 1.88 bits per heavy atom. The number of Topliss-reactive ketones (excluding diaryl/α,β-unsaturated/α-hetero) is 1. The second-order valence-corrected chi connectivity index (χ2v) is 5.94. The van der Waals surface area contributed by atoms with Crippen molar-refractivity contribution in [3.8, 4) is 5.75 Å². The first-order valence-corrected chi connectivity index (χ1v) is 8.09. The Morgan fingerprint density at radius 3 is 2.50 bits per heavy atom. The van der Waals surface area contributed by atoms with Crippen LogP contribution in [0.25, 0.3) is 0 Å². The SMILES string of the molecule is COCCOC(=O)C1CCCCC1(O)C(=O)c1ccc(OC)cc1. The first-order valence-electron chi connectivity index (χ1n) is 8.09. The normalized spacial score (nSPS) is 23.5. The Balaban J connectivity index is 2.18. The second-order valence-electron chi connectivity index (χ2n) is 5.94. The number of ketones is 1. The van der Waals surface area contributed by atoms with Crippen molar-refractivity contribution in [2.24, 2.45) is 5.92 Å². The van der Waals surface area contributed by atoms with Gasteiger partial charge in [-0.05, 0) is 37.1 Å². The fourth-order valence-electron chi connectivity index (χ4n) is 3.06. The minimum absolute atomic E-state index is 0.110. The number of aliphatic hydroxyl groups is 1. The predicted octanol–water partition coefficient (Wildman–Crippen LogP) is 1.99. The van der Waals surface area contributed by atoms with Crippen molar-refractivity contribution in [3.63, 3.8) is 0 Å². The molecule has 132 valence electrons. The molecule has 2 atom stereocenters. The Labute approximate surface area is 141 Å². The van der Waals surface area contributed by atoms with Crippen molar-refractivity contribution in [1.29, 1.82) is 0 Å². The van der Waals surface area contributed by atoms with Gasteiger partial charge in [-0.25, -0.2) is 0 Å². The summed E-state index contributed by atoms with van der Waals surface area (Å²) in [7, 11) is 3.05. The molecule has 0 bridgehead atoms. The standard InChI is InChI=1S/C18H24O6/c1-22-11-12-24-17(20)15-5-3-4-10-18(15,21)16(19)13-6-8-14(23-2)9-7-13/h6-9,15,21H,3-5,10-12H2,1-2H3. The number of carbonyl (C=O) groups excluding carboxylic acids is 2. The van der Waals surface area contributed by atoms with Crippen molar-refractivity contribution < 1.29 is 28.9 Å². The van der Waals surface area contributed by atoms with Crippen LogP contribution in [0.1, 0.15) is 36.0 Å². The summed E-state index contributed by atoms with van der Waals surface area (Å²) in [6.07, 6.45) is 2.16. The van der Waals surface area contributed by atoms with Gasteiger partial charge in [-0.2, -0.15) is 0 Å². The number of methoxy groups -OCH3 is 2. The van der Waals surface area contributed by atoms with Crippen molar-refractivity contribution in [1.82, 2.24) is 0 Å². The van der Waals surface area contributed by atoms with Gasteiger partial charge in [0.15, 0.2) is 5.78 Å². The summed E-state index contributed by atoms with van der Waals surface area (Å²) >= 11 is 0. The fourth-order valence-corrected chi connectivity index (χ4v) is 3.06. The summed E-state index contributed by atoms with van der Waals surface area (Å²) < 4.78 is 15.1. The number of esters is 1. The van der Waals surface area contributed by atoms with Crippen LogP contribution in [0.2, 0.25) is 0 Å². The van der Waals surface area contributed by atoms with Crippen molar-refractivity contribution in [3.05, 3.63) is 29.8 Å². The highest BCUT2D eigenvalue weighted by atomic mass is 16.6. The van der Waals surface area contributed by atoms with Crippen LogP contribution in [0.15, 0.2) is 24.3 Å². The van der Waals surface area contributed by atoms with E-state index < -0.39 is 23.3 Å². The van der Waals surface area contributed by atoms with Gasteiger partial charge in [0, 0.05) is 12.7 Å². The maximum Gasteiger partial charge on any atom is 0.312 e. The van der Waals surface area contributed by atoms with Crippen LogP contribution in [0, 0.1) is 5.92 Å². The van der Waals surface area contributed by atoms with Gasteiger partial charge in [-0.3, -0.25) is 9.59 Å². The summed E-state index contributed by atoms with van der Waals surface area (Å²) in [5.74, 6) is -1.22. The first kappa shape index (κ1) is 18.4. The molecule has 0 aliphatic heterocycles. The highest BCUT2D eigenvalue weighted by Gasteiger charge is 2.49. The Bertz CT molecular complexity index is 567. The van der Waals surface area contributed by atoms with Gasteiger partial charge in [0.1, 0.15) is 18.0 Å². The van der Waals surface area contributed by atoms with E-state index in [1.165, 1.54) is 14.2 Å². The van der Waals surface area contributed by atoms with E-state index in [2.05, 4.69) is 0 Å². The summed E-state index contributed by atoms with van der Waals surface area (Å²) in [6.45, 7) is 0.391. The van der Waals surface area contributed by atoms with Crippen LogP contribution in [-0.4, -0.2) is 49.9 Å². The zero-order valence-corrected chi connectivity index (χ0v) is 14.1. The van der Waals surface area contributed by atoms with Crippen molar-refractivity contribution >= 4 is 11.8 Å². The lowest BCUT2D eigenvalue weighted by Crippen LogP contribution is -2.51. The van der Waals surface area contributed by atoms with Gasteiger partial charge in [-0.15, -0.1) is 0 Å². The molecule has 0 heterocycles. The Hall–Kier alpha value is -1.92. The number of benzene rings is 1. The van der Waals surface area contributed by atoms with Crippen LogP contribution in [-0.2, 0) is 14.3 Å². The van der Waals surface area contributed by atoms with Gasteiger partial charge < -0.3 is 19.3 Å². The molecule has 1 aromatic carbocycles. The van der Waals surface area contributed by atoms with E-state index >= 15 is 0 Å². The molecule has 0 radical (unpaired) electrons. The highest BCUT2D eigenvalue weighted by molar-refractivity contribution is 6.05. The molecule has 6 heteroatoms. The van der Waals surface area contributed by atoms with Gasteiger partial charge in [-0.1, -0.05) is 12.8 Å². The third kappa shape index (κ3) is 3.94. The lowest BCUT2D eigenvalue weighted by atomic mass is 9.71. The quantitative estimate of drug-likeness (QED) is 0.466. The minimum atomic E-state index is -1.73. The number of carbonyl (C=O) groups is 2. The van der Waals surface area contributed by atoms with Crippen LogP contribution < -0.4 is 4.74 Å². The first-order chi connectivity index (χ1) is 11.5. The summed E-state index contributed by atoms with van der Waals surface area (Å²) in [5.41, 5.74) is -1.37. The Kier molecular flexibility index (Phi) is 6.34. The monoisotopic (exact) mass is 336 g/mol. The molecule has 1 fully saturated rings. The smallest absolute Gasteiger partial charge is 0.312 e. The number of rotatable bonds is 7. The van der Waals surface area contributed by atoms with E-state index in [1.54, 1.807) is 24.3 Å². The van der Waals surface area contributed by atoms with Gasteiger partial charge in [0.05, 0.1) is 19.6 Å². The molecule has 1 N–H and O–H groups in total. The summed E-state index contributed by atoms with van der Waals surface area (Å²) in [6, 6.07) is 6.51. The maximum absolute atomic E-state index is 12.8. The average Bonchev–Trinajstić information content (AvgIpc) is 2.61. The molecule has 24 heavy (non-hydrogen) atoms. The Morgan fingerprint density at radius 1 is 1.17 bits per heavy atom. The topological polar surface area (TPSA) is 82.1 Å². The van der Waals surface area contributed by atoms with Gasteiger partial charge in [0.2, 0.25) is 0 Å². The minimum Gasteiger partial charge on any atom is -0.497 e. The number of hydrogen-bond acceptors (Lipinski definition) is 6. The van der Waals surface area contributed by atoms with Crippen LogP contribution in [0.4, 0.5) is 0 Å². The van der Waals surface area contributed by atoms with E-state index in [0.717, 1.165) is 6.42 Å². The van der Waals surface area contributed by atoms with Crippen LogP contribution >= 0.6 is 0 Å². The predicted molar refractivity (Wildman–Crippen MR) is 87.1 cm³/mol. The zero-order chi connectivity index (χ0) is 17.6. The van der Waals surface area contributed by atoms with Crippen LogP contribution in [0.5, 0.6) is 5.75 Å². The third-order valence-corrected chi connectivity index (χ3v) is 4.44. The molecule has 1 aliphatic carbocycles. The molecule has 2 rings (SSSR count). The third-order valence-electron chi connectivity index (χ3n) is 4.44. The van der Waals surface area contributed by atoms with Gasteiger partial charge in [0.25, 0.3) is 0 Å². The van der Waals surface area contributed by atoms with Crippen LogP contribution in [0.3, 0.4) is 0 Å². The molecule has 1 aliphatic rings. The zero-order valence-electron chi connectivity index (χ0n) is 14.1. The molecule has 6 nitrogen and oxygen atoms in total. The lowest BCUT2D eigenvalue weighted by Gasteiger charge is -2.37. The molecule has 0 saturated heterocycles. The molecule has 0 aromatic heterocycles. The molecule has 1 saturated carbocycles. The fraction of sp³-hybridized carbons (Fsp3) is 0.556.